The molecule has 0 saturated carbocycles. The maximum atomic E-state index is 13.1. The van der Waals surface area contributed by atoms with E-state index in [0.29, 0.717) is 30.1 Å². The standard InChI is InChI=1S/C23H31N3O4Si/c1-30-19-9-5-16(6-10-19)22(25-21(28)15-26-13-18(27)14-26)23(29)24-17-7-11-20(12-8-17)31(2,3)4/h5-12,18,22,27H,13-15H2,1-4H3,(H,24,29)(H,25,28). The first-order valence-electron chi connectivity index (χ1n) is 10.4. The van der Waals surface area contributed by atoms with E-state index in [-0.39, 0.29) is 24.5 Å². The van der Waals surface area contributed by atoms with Crippen LogP contribution in [-0.2, 0) is 9.59 Å². The van der Waals surface area contributed by atoms with Gasteiger partial charge in [0, 0.05) is 18.8 Å². The summed E-state index contributed by atoms with van der Waals surface area (Å²) in [7, 11) is 0.152. The number of nitrogens with zero attached hydrogens (tertiary/aromatic N) is 1. The van der Waals surface area contributed by atoms with Crippen LogP contribution in [0.4, 0.5) is 5.69 Å². The summed E-state index contributed by atoms with van der Waals surface area (Å²) in [6, 6.07) is 14.1. The highest BCUT2D eigenvalue weighted by Gasteiger charge is 2.29. The molecule has 1 aliphatic rings. The van der Waals surface area contributed by atoms with Crippen LogP contribution in [0.1, 0.15) is 11.6 Å². The van der Waals surface area contributed by atoms with Crippen LogP contribution in [0.25, 0.3) is 0 Å². The number of rotatable bonds is 8. The average Bonchev–Trinajstić information content (AvgIpc) is 2.70. The van der Waals surface area contributed by atoms with Gasteiger partial charge in [-0.2, -0.15) is 0 Å². The highest BCUT2D eigenvalue weighted by atomic mass is 28.3. The molecule has 1 heterocycles. The Morgan fingerprint density at radius 2 is 1.71 bits per heavy atom. The van der Waals surface area contributed by atoms with Crippen molar-refractivity contribution < 1.29 is 19.4 Å². The molecule has 0 aliphatic carbocycles. The van der Waals surface area contributed by atoms with Crippen molar-refractivity contribution in [1.82, 2.24) is 10.2 Å². The second-order valence-electron chi connectivity index (χ2n) is 8.94. The molecule has 31 heavy (non-hydrogen) atoms. The summed E-state index contributed by atoms with van der Waals surface area (Å²) >= 11 is 0. The van der Waals surface area contributed by atoms with Gasteiger partial charge in [-0.05, 0) is 29.8 Å². The van der Waals surface area contributed by atoms with Crippen molar-refractivity contribution in [3.05, 3.63) is 54.1 Å². The van der Waals surface area contributed by atoms with Gasteiger partial charge >= 0.3 is 0 Å². The molecule has 2 aromatic rings. The van der Waals surface area contributed by atoms with Crippen LogP contribution in [0, 0.1) is 0 Å². The largest absolute Gasteiger partial charge is 0.497 e. The zero-order chi connectivity index (χ0) is 22.6. The van der Waals surface area contributed by atoms with Gasteiger partial charge in [0.15, 0.2) is 0 Å². The number of hydrogen-bond donors (Lipinski definition) is 3. The lowest BCUT2D eigenvalue weighted by atomic mass is 10.1. The van der Waals surface area contributed by atoms with Crippen molar-refractivity contribution in [3.63, 3.8) is 0 Å². The molecule has 1 saturated heterocycles. The molecule has 1 atom stereocenters. The zero-order valence-electron chi connectivity index (χ0n) is 18.5. The molecule has 1 fully saturated rings. The number of nitrogens with one attached hydrogen (secondary N) is 2. The molecule has 2 amide bonds. The van der Waals surface area contributed by atoms with E-state index in [1.807, 2.05) is 17.0 Å². The molecular formula is C23H31N3O4Si. The molecule has 0 aromatic heterocycles. The summed E-state index contributed by atoms with van der Waals surface area (Å²) in [6.45, 7) is 7.89. The number of likely N-dealkylation sites (tertiary alicyclic amines) is 1. The van der Waals surface area contributed by atoms with Gasteiger partial charge in [-0.1, -0.05) is 49.1 Å². The molecule has 1 unspecified atom stereocenters. The quantitative estimate of drug-likeness (QED) is 0.543. The van der Waals surface area contributed by atoms with Crippen LogP contribution in [0.15, 0.2) is 48.5 Å². The van der Waals surface area contributed by atoms with E-state index in [2.05, 4.69) is 42.4 Å². The number of anilines is 1. The molecule has 7 nitrogen and oxygen atoms in total. The predicted octanol–water partition coefficient (Wildman–Crippen LogP) is 1.71. The van der Waals surface area contributed by atoms with Crippen molar-refractivity contribution in [3.8, 4) is 5.75 Å². The van der Waals surface area contributed by atoms with Crippen LogP contribution in [0.3, 0.4) is 0 Å². The van der Waals surface area contributed by atoms with Gasteiger partial charge in [-0.3, -0.25) is 14.5 Å². The molecule has 3 rings (SSSR count). The molecule has 0 bridgehead atoms. The van der Waals surface area contributed by atoms with Crippen LogP contribution >= 0.6 is 0 Å². The third-order valence-corrected chi connectivity index (χ3v) is 7.41. The number of amides is 2. The monoisotopic (exact) mass is 441 g/mol. The lowest BCUT2D eigenvalue weighted by Gasteiger charge is -2.35. The van der Waals surface area contributed by atoms with Crippen LogP contribution in [0.5, 0.6) is 5.75 Å². The second-order valence-corrected chi connectivity index (χ2v) is 14.0. The molecule has 0 radical (unpaired) electrons. The number of methoxy groups -OCH3 is 1. The summed E-state index contributed by atoms with van der Waals surface area (Å²) < 4.78 is 5.19. The molecule has 2 aromatic carbocycles. The minimum Gasteiger partial charge on any atom is -0.497 e. The third-order valence-electron chi connectivity index (χ3n) is 5.34. The van der Waals surface area contributed by atoms with Crippen LogP contribution in [0.2, 0.25) is 19.6 Å². The van der Waals surface area contributed by atoms with Gasteiger partial charge in [0.25, 0.3) is 5.91 Å². The number of carbonyl (C=O) groups is 2. The van der Waals surface area contributed by atoms with E-state index < -0.39 is 14.1 Å². The van der Waals surface area contributed by atoms with Gasteiger partial charge in [0.2, 0.25) is 5.91 Å². The Hall–Kier alpha value is -2.68. The maximum absolute atomic E-state index is 13.1. The first-order chi connectivity index (χ1) is 14.7. The fourth-order valence-corrected chi connectivity index (χ4v) is 4.61. The smallest absolute Gasteiger partial charge is 0.251 e. The van der Waals surface area contributed by atoms with Crippen molar-refractivity contribution in [1.29, 1.82) is 0 Å². The van der Waals surface area contributed by atoms with Gasteiger partial charge in [-0.15, -0.1) is 0 Å². The zero-order valence-corrected chi connectivity index (χ0v) is 19.5. The van der Waals surface area contributed by atoms with Crippen molar-refractivity contribution >= 4 is 30.8 Å². The number of carbonyl (C=O) groups excluding carboxylic acids is 2. The van der Waals surface area contributed by atoms with Crippen LogP contribution < -0.4 is 20.6 Å². The lowest BCUT2D eigenvalue weighted by molar-refractivity contribution is -0.129. The summed E-state index contributed by atoms with van der Waals surface area (Å²) in [5.74, 6) is 0.0885. The first kappa shape index (κ1) is 23.0. The van der Waals surface area contributed by atoms with E-state index >= 15 is 0 Å². The Balaban J connectivity index is 1.74. The molecule has 3 N–H and O–H groups in total. The van der Waals surface area contributed by atoms with E-state index in [1.54, 1.807) is 31.4 Å². The Labute approximate surface area is 184 Å². The van der Waals surface area contributed by atoms with E-state index in [9.17, 15) is 14.7 Å². The topological polar surface area (TPSA) is 90.9 Å². The molecular weight excluding hydrogens is 410 g/mol. The van der Waals surface area contributed by atoms with Gasteiger partial charge in [0.05, 0.1) is 27.8 Å². The first-order valence-corrected chi connectivity index (χ1v) is 13.9. The minimum absolute atomic E-state index is 0.141. The lowest BCUT2D eigenvalue weighted by Crippen LogP contribution is -2.54. The van der Waals surface area contributed by atoms with Crippen molar-refractivity contribution in [2.45, 2.75) is 31.8 Å². The number of aliphatic hydroxyl groups excluding tert-OH is 1. The minimum atomic E-state index is -1.42. The Morgan fingerprint density at radius 3 is 2.23 bits per heavy atom. The molecule has 1 aliphatic heterocycles. The number of β-amino-alcohol motifs (C(OH)–C–C–N with tert-alkyl or cyclic N) is 1. The van der Waals surface area contributed by atoms with Crippen molar-refractivity contribution in [2.24, 2.45) is 0 Å². The average molecular weight is 442 g/mol. The van der Waals surface area contributed by atoms with E-state index in [0.717, 1.165) is 0 Å². The van der Waals surface area contributed by atoms with E-state index in [4.69, 9.17) is 4.74 Å². The SMILES string of the molecule is COc1ccc(C(NC(=O)CN2CC(O)C2)C(=O)Nc2ccc([Si](C)(C)C)cc2)cc1. The van der Waals surface area contributed by atoms with Crippen molar-refractivity contribution in [2.75, 3.05) is 32.1 Å². The third kappa shape index (κ3) is 6.16. The summed E-state index contributed by atoms with van der Waals surface area (Å²) in [6.07, 6.45) is -0.382. The number of aliphatic hydroxyl groups is 1. The fraction of sp³-hybridized carbons (Fsp3) is 0.391. The number of hydrogen-bond acceptors (Lipinski definition) is 5. The Morgan fingerprint density at radius 1 is 1.10 bits per heavy atom. The predicted molar refractivity (Wildman–Crippen MR) is 124 cm³/mol. The highest BCUT2D eigenvalue weighted by molar-refractivity contribution is 6.88. The van der Waals surface area contributed by atoms with Gasteiger partial charge in [0.1, 0.15) is 11.8 Å². The highest BCUT2D eigenvalue weighted by Crippen LogP contribution is 2.20. The molecule has 166 valence electrons. The normalized spacial score (nSPS) is 15.6. The van der Waals surface area contributed by atoms with Gasteiger partial charge < -0.3 is 20.5 Å². The summed E-state index contributed by atoms with van der Waals surface area (Å²) in [5.41, 5.74) is 1.35. The van der Waals surface area contributed by atoms with Crippen LogP contribution in [-0.4, -0.2) is 62.7 Å². The Kier molecular flexibility index (Phi) is 7.14. The van der Waals surface area contributed by atoms with Gasteiger partial charge in [-0.25, -0.2) is 0 Å². The number of ether oxygens (including phenoxy) is 1. The Bertz CT molecular complexity index is 904. The fourth-order valence-electron chi connectivity index (χ4n) is 3.45. The second kappa shape index (κ2) is 9.63. The number of benzene rings is 2. The maximum Gasteiger partial charge on any atom is 0.251 e. The van der Waals surface area contributed by atoms with E-state index in [1.165, 1.54) is 5.19 Å². The summed E-state index contributed by atoms with van der Waals surface area (Å²) in [4.78, 5) is 27.5. The molecule has 8 heteroatoms. The molecule has 0 spiro atoms. The summed E-state index contributed by atoms with van der Waals surface area (Å²) in [5, 5.41) is 16.5.